The van der Waals surface area contributed by atoms with Crippen LogP contribution in [0.1, 0.15) is 82.3 Å². The predicted octanol–water partition coefficient (Wildman–Crippen LogP) is 3.48. The van der Waals surface area contributed by atoms with Crippen LogP contribution in [0, 0.1) is 11.3 Å². The molecule has 4 rings (SSSR count). The number of nitrogens with two attached hydrogens (primary N) is 1. The van der Waals surface area contributed by atoms with Crippen molar-refractivity contribution in [3.63, 3.8) is 0 Å². The Morgan fingerprint density at radius 1 is 1.19 bits per heavy atom. The lowest BCUT2D eigenvalue weighted by atomic mass is 9.64. The number of carbonyl (C=O) groups excluding carboxylic acids is 2. The van der Waals surface area contributed by atoms with Crippen LogP contribution in [-0.2, 0) is 14.3 Å². The zero-order chi connectivity index (χ0) is 30.4. The average molecular weight is 587 g/mol. The van der Waals surface area contributed by atoms with Crippen LogP contribution in [0.2, 0.25) is 0 Å². The van der Waals surface area contributed by atoms with Crippen molar-refractivity contribution in [2.75, 3.05) is 58.2 Å². The van der Waals surface area contributed by atoms with Gasteiger partial charge in [0.05, 0.1) is 24.2 Å². The Morgan fingerprint density at radius 2 is 1.95 bits per heavy atom. The van der Waals surface area contributed by atoms with Gasteiger partial charge in [0, 0.05) is 52.0 Å². The van der Waals surface area contributed by atoms with E-state index in [-0.39, 0.29) is 41.6 Å². The molecule has 2 aliphatic carbocycles. The van der Waals surface area contributed by atoms with E-state index in [1.807, 2.05) is 25.9 Å². The molecule has 0 aromatic carbocycles. The van der Waals surface area contributed by atoms with Gasteiger partial charge in [-0.15, -0.1) is 0 Å². The smallest absolute Gasteiger partial charge is 0.243 e. The normalized spacial score (nSPS) is 24.9. The minimum atomic E-state index is -0.734. The van der Waals surface area contributed by atoms with Gasteiger partial charge in [0.1, 0.15) is 17.6 Å². The number of ether oxygens (including phenoxy) is 3. The van der Waals surface area contributed by atoms with E-state index in [4.69, 9.17) is 29.9 Å². The summed E-state index contributed by atoms with van der Waals surface area (Å²) < 4.78 is 17.8. The highest BCUT2D eigenvalue weighted by Gasteiger charge is 2.46. The molecule has 11 heteroatoms. The second-order valence-electron chi connectivity index (χ2n) is 12.2. The number of rotatable bonds is 13. The number of hydrogen-bond donors (Lipinski definition) is 3. The number of likely N-dealkylation sites (N-methyl/N-ethyl adjacent to an activating group) is 2. The maximum atomic E-state index is 14.1. The van der Waals surface area contributed by atoms with Crippen molar-refractivity contribution in [2.45, 2.75) is 89.9 Å². The summed E-state index contributed by atoms with van der Waals surface area (Å²) in [5.41, 5.74) is 7.47. The number of carbonyl (C=O) groups is 2. The maximum absolute atomic E-state index is 14.1. The number of aromatic nitrogens is 2. The van der Waals surface area contributed by atoms with Crippen LogP contribution in [0.4, 0.5) is 11.5 Å². The molecule has 0 bridgehead atoms. The van der Waals surface area contributed by atoms with Crippen molar-refractivity contribution in [2.24, 2.45) is 17.1 Å². The van der Waals surface area contributed by atoms with Crippen molar-refractivity contribution < 1.29 is 23.8 Å². The van der Waals surface area contributed by atoms with Gasteiger partial charge in [0.2, 0.25) is 17.5 Å². The Kier molecular flexibility index (Phi) is 10.8. The quantitative estimate of drug-likeness (QED) is 0.293. The van der Waals surface area contributed by atoms with Gasteiger partial charge in [-0.05, 0) is 64.8 Å². The van der Waals surface area contributed by atoms with Gasteiger partial charge in [-0.2, -0.15) is 4.98 Å². The third kappa shape index (κ3) is 6.58. The fraction of sp³-hybridized carbons (Fsp3) is 0.742. The van der Waals surface area contributed by atoms with Crippen LogP contribution in [0.3, 0.4) is 0 Å². The summed E-state index contributed by atoms with van der Waals surface area (Å²) in [5.74, 6) is 0.891. The Morgan fingerprint density at radius 3 is 2.60 bits per heavy atom. The van der Waals surface area contributed by atoms with E-state index < -0.39 is 5.41 Å². The highest BCUT2D eigenvalue weighted by molar-refractivity contribution is 6.08. The Balaban J connectivity index is 1.73. The molecule has 2 fully saturated rings. The zero-order valence-corrected chi connectivity index (χ0v) is 26.3. The third-order valence-corrected chi connectivity index (χ3v) is 9.53. The molecule has 1 spiro atoms. The second-order valence-corrected chi connectivity index (χ2v) is 12.2. The van der Waals surface area contributed by atoms with Crippen molar-refractivity contribution in [1.29, 1.82) is 0 Å². The van der Waals surface area contributed by atoms with Gasteiger partial charge in [-0.1, -0.05) is 13.3 Å². The Hall–Kier alpha value is -2.76. The summed E-state index contributed by atoms with van der Waals surface area (Å²) in [6.07, 6.45) is 6.43. The molecule has 42 heavy (non-hydrogen) atoms. The Labute approximate surface area is 250 Å². The number of nitrogens with one attached hydrogen (secondary N) is 2. The van der Waals surface area contributed by atoms with Crippen LogP contribution in [-0.4, -0.2) is 87.8 Å². The molecule has 1 aromatic rings. The maximum Gasteiger partial charge on any atom is 0.243 e. The first-order chi connectivity index (χ1) is 20.2. The Bertz CT molecular complexity index is 1150. The molecule has 4 N–H and O–H groups in total. The third-order valence-electron chi connectivity index (χ3n) is 9.53. The van der Waals surface area contributed by atoms with E-state index in [0.717, 1.165) is 38.6 Å². The zero-order valence-electron chi connectivity index (χ0n) is 26.3. The van der Waals surface area contributed by atoms with Gasteiger partial charge >= 0.3 is 0 Å². The molecule has 11 nitrogen and oxygen atoms in total. The summed E-state index contributed by atoms with van der Waals surface area (Å²) in [7, 11) is 7.38. The molecule has 1 aliphatic heterocycles. The summed E-state index contributed by atoms with van der Waals surface area (Å²) in [5, 5.41) is 6.40. The lowest BCUT2D eigenvalue weighted by molar-refractivity contribution is -0.129. The minimum Gasteiger partial charge on any atom is -0.473 e. The number of ketones is 2. The largest absolute Gasteiger partial charge is 0.473 e. The van der Waals surface area contributed by atoms with Crippen LogP contribution >= 0.6 is 0 Å². The molecule has 0 unspecified atom stereocenters. The first-order valence-electron chi connectivity index (χ1n) is 15.5. The molecule has 2 heterocycles. The van der Waals surface area contributed by atoms with Crippen molar-refractivity contribution in [3.05, 3.63) is 17.1 Å². The van der Waals surface area contributed by atoms with E-state index in [1.54, 1.807) is 14.2 Å². The van der Waals surface area contributed by atoms with E-state index >= 15 is 0 Å². The van der Waals surface area contributed by atoms with Crippen molar-refractivity contribution in [3.8, 4) is 5.88 Å². The predicted molar refractivity (Wildman–Crippen MR) is 163 cm³/mol. The summed E-state index contributed by atoms with van der Waals surface area (Å²) in [4.78, 5) is 38.8. The number of Topliss-reactive ketones (excluding diaryl/α,β-unsaturated/α-hetero) is 2. The first kappa shape index (κ1) is 32.2. The fourth-order valence-corrected chi connectivity index (χ4v) is 6.62. The molecule has 234 valence electrons. The van der Waals surface area contributed by atoms with E-state index in [2.05, 4.69) is 17.6 Å². The molecule has 0 amide bonds. The SMILES string of the molecule is CNC[C@H](C[C@H](C)[C@H](C)Oc1nc(C(=O)C2=C(N)[C@]3(CCCCC3=O)CCC2)nc(N(C)[C@@H]2CCOC2)c1NC)OC. The molecular weight excluding hydrogens is 536 g/mol. The van der Waals surface area contributed by atoms with Gasteiger partial charge in [-0.3, -0.25) is 9.59 Å². The number of anilines is 2. The molecule has 3 aliphatic rings. The summed E-state index contributed by atoms with van der Waals surface area (Å²) in [6, 6.07) is 0.102. The van der Waals surface area contributed by atoms with Gasteiger partial charge < -0.3 is 35.5 Å². The molecule has 5 atom stereocenters. The first-order valence-corrected chi connectivity index (χ1v) is 15.5. The highest BCUT2D eigenvalue weighted by Crippen LogP contribution is 2.47. The van der Waals surface area contributed by atoms with E-state index in [1.165, 1.54) is 0 Å². The number of allylic oxidation sites excluding steroid dienone is 2. The number of methoxy groups -OCH3 is 1. The average Bonchev–Trinajstić information content (AvgIpc) is 3.53. The molecule has 1 saturated heterocycles. The minimum absolute atomic E-state index is 0.0350. The number of nitrogens with zero attached hydrogens (tertiary/aromatic N) is 3. The van der Waals surface area contributed by atoms with Crippen LogP contribution < -0.4 is 26.0 Å². The lowest BCUT2D eigenvalue weighted by Gasteiger charge is -2.40. The van der Waals surface area contributed by atoms with Crippen molar-refractivity contribution in [1.82, 2.24) is 15.3 Å². The lowest BCUT2D eigenvalue weighted by Crippen LogP contribution is -2.42. The topological polar surface area (TPSA) is 141 Å². The monoisotopic (exact) mass is 586 g/mol. The second kappa shape index (κ2) is 14.1. The van der Waals surface area contributed by atoms with Gasteiger partial charge in [0.15, 0.2) is 5.82 Å². The van der Waals surface area contributed by atoms with Crippen LogP contribution in [0.5, 0.6) is 5.88 Å². The van der Waals surface area contributed by atoms with Gasteiger partial charge in [0.25, 0.3) is 0 Å². The highest BCUT2D eigenvalue weighted by atomic mass is 16.5. The van der Waals surface area contributed by atoms with E-state index in [9.17, 15) is 9.59 Å². The molecule has 1 aromatic heterocycles. The standard InChI is InChI=1S/C31H50N6O5/c1-19(16-22(40-6)17-33-3)20(2)42-30-25(34-4)29(37(5)21-12-15-41-18-21)35-28(36-30)26(39)23-10-9-14-31(27(23)32)13-8-7-11-24(31)38/h19-22,33-34H,7-18,32H2,1-6H3/t19-,20-,21+,22-,31+/m0/s1. The summed E-state index contributed by atoms with van der Waals surface area (Å²) >= 11 is 0. The van der Waals surface area contributed by atoms with Gasteiger partial charge in [-0.25, -0.2) is 4.98 Å². The van der Waals surface area contributed by atoms with Crippen LogP contribution in [0.15, 0.2) is 11.3 Å². The van der Waals surface area contributed by atoms with Crippen LogP contribution in [0.25, 0.3) is 0 Å². The molecule has 1 saturated carbocycles. The van der Waals surface area contributed by atoms with E-state index in [0.29, 0.717) is 67.6 Å². The molecular formula is C31H50N6O5. The number of hydrogen-bond acceptors (Lipinski definition) is 11. The summed E-state index contributed by atoms with van der Waals surface area (Å²) in [6.45, 7) is 6.11. The fourth-order valence-electron chi connectivity index (χ4n) is 6.62. The molecule has 0 radical (unpaired) electrons. The van der Waals surface area contributed by atoms with Crippen molar-refractivity contribution >= 4 is 23.1 Å².